The summed E-state index contributed by atoms with van der Waals surface area (Å²) in [4.78, 5) is 49.3. The number of aliphatic carboxylic acids is 1. The number of alkyl halides is 1. The van der Waals surface area contributed by atoms with Crippen LogP contribution in [0.2, 0.25) is 0 Å². The van der Waals surface area contributed by atoms with Gasteiger partial charge >= 0.3 is 5.97 Å². The average molecular weight is 568 g/mol. The first kappa shape index (κ1) is 25.1. The number of amides is 2. The van der Waals surface area contributed by atoms with Gasteiger partial charge in [0.05, 0.1) is 6.67 Å². The second kappa shape index (κ2) is 10.4. The van der Waals surface area contributed by atoms with Crippen molar-refractivity contribution >= 4 is 68.1 Å². The number of thioether (sulfide) groups is 1. The molecule has 2 amide bonds. The van der Waals surface area contributed by atoms with Crippen LogP contribution in [-0.2, 0) is 25.8 Å². The molecule has 0 bridgehead atoms. The van der Waals surface area contributed by atoms with Crippen LogP contribution in [0.25, 0.3) is 4.83 Å². The van der Waals surface area contributed by atoms with Gasteiger partial charge < -0.3 is 21.0 Å². The third-order valence-corrected chi connectivity index (χ3v) is 8.21. The van der Waals surface area contributed by atoms with Crippen molar-refractivity contribution in [3.63, 3.8) is 0 Å². The first-order chi connectivity index (χ1) is 17.9. The van der Waals surface area contributed by atoms with E-state index in [0.29, 0.717) is 17.9 Å². The fourth-order valence-corrected chi connectivity index (χ4v) is 6.42. The maximum Gasteiger partial charge on any atom is 0.352 e. The minimum Gasteiger partial charge on any atom is -0.477 e. The number of carbonyl (C=O) groups excluding carboxylic acids is 2. The molecule has 17 heteroatoms. The van der Waals surface area contributed by atoms with Gasteiger partial charge in [0.15, 0.2) is 5.13 Å². The zero-order valence-corrected chi connectivity index (χ0v) is 21.4. The van der Waals surface area contributed by atoms with Crippen LogP contribution in [0.3, 0.4) is 0 Å². The number of nitrogen functional groups attached to an aromatic ring is 1. The number of nitrogens with zero attached hydrogens (tertiary/aromatic N) is 6. The molecule has 37 heavy (non-hydrogen) atoms. The molecular formula is C20H20FN8O5S3+. The number of carboxylic acid groups (broad SMARTS) is 1. The predicted molar refractivity (Wildman–Crippen MR) is 133 cm³/mol. The van der Waals surface area contributed by atoms with Crippen LogP contribution >= 0.6 is 34.6 Å². The van der Waals surface area contributed by atoms with Gasteiger partial charge in [-0.1, -0.05) is 16.5 Å². The average Bonchev–Trinajstić information content (AvgIpc) is 3.58. The van der Waals surface area contributed by atoms with Crippen LogP contribution in [0.4, 0.5) is 9.52 Å². The van der Waals surface area contributed by atoms with Crippen LogP contribution in [0.5, 0.6) is 0 Å². The number of anilines is 1. The lowest BCUT2D eigenvalue weighted by molar-refractivity contribution is -0.687. The van der Waals surface area contributed by atoms with E-state index in [-0.39, 0.29) is 35.4 Å². The Bertz CT molecular complexity index is 1400. The van der Waals surface area contributed by atoms with Crippen LogP contribution < -0.4 is 15.6 Å². The number of β-lactam (4-membered cyclic amide) rings is 1. The molecule has 0 spiro atoms. The third kappa shape index (κ3) is 4.88. The summed E-state index contributed by atoms with van der Waals surface area (Å²) in [6, 6.07) is -0.993. The Morgan fingerprint density at radius 3 is 2.97 bits per heavy atom. The van der Waals surface area contributed by atoms with Crippen molar-refractivity contribution in [2.24, 2.45) is 5.16 Å². The highest BCUT2D eigenvalue weighted by molar-refractivity contribution is 8.00. The molecule has 2 atom stereocenters. The number of aromatic nitrogens is 4. The van der Waals surface area contributed by atoms with Crippen LogP contribution in [0.1, 0.15) is 12.2 Å². The molecule has 5 rings (SSSR count). The van der Waals surface area contributed by atoms with Gasteiger partial charge in [0.1, 0.15) is 42.7 Å². The van der Waals surface area contributed by atoms with Gasteiger partial charge in [0.25, 0.3) is 11.8 Å². The zero-order chi connectivity index (χ0) is 26.1. The van der Waals surface area contributed by atoms with E-state index < -0.39 is 35.9 Å². The van der Waals surface area contributed by atoms with Gasteiger partial charge in [-0.3, -0.25) is 18.9 Å². The van der Waals surface area contributed by atoms with E-state index in [0.717, 1.165) is 16.4 Å². The van der Waals surface area contributed by atoms with Crippen molar-refractivity contribution in [1.82, 2.24) is 24.0 Å². The highest BCUT2D eigenvalue weighted by Crippen LogP contribution is 2.40. The van der Waals surface area contributed by atoms with Crippen LogP contribution in [0, 0.1) is 0 Å². The molecule has 2 aliphatic heterocycles. The maximum atomic E-state index is 13.0. The number of nitrogens with one attached hydrogen (secondary N) is 1. The molecule has 0 aromatic carbocycles. The summed E-state index contributed by atoms with van der Waals surface area (Å²) < 4.78 is 20.1. The molecule has 5 heterocycles. The monoisotopic (exact) mass is 567 g/mol. The Labute approximate surface area is 220 Å². The molecule has 0 radical (unpaired) electrons. The van der Waals surface area contributed by atoms with E-state index in [1.165, 1.54) is 16.7 Å². The summed E-state index contributed by atoms with van der Waals surface area (Å²) in [5.74, 6) is -2.32. The first-order valence-corrected chi connectivity index (χ1v) is 13.6. The van der Waals surface area contributed by atoms with Crippen molar-refractivity contribution < 1.29 is 33.3 Å². The topological polar surface area (TPSA) is 168 Å². The van der Waals surface area contributed by atoms with Gasteiger partial charge in [0.2, 0.25) is 22.7 Å². The van der Waals surface area contributed by atoms with E-state index >= 15 is 0 Å². The van der Waals surface area contributed by atoms with E-state index in [2.05, 4.69) is 19.8 Å². The SMILES string of the molecule is Nc1nc(/C(=N/OCCCF)C(=O)N[C@@H]2C(=O)N3C(C(=O)O)=C(C[n+]4cc5sccn5c4)CS[C@H]23)ns1. The number of thiazole rings is 1. The van der Waals surface area contributed by atoms with Crippen LogP contribution in [-0.4, -0.2) is 77.7 Å². The number of imidazole rings is 1. The van der Waals surface area contributed by atoms with Gasteiger partial charge in [-0.15, -0.1) is 11.8 Å². The Balaban J connectivity index is 1.33. The van der Waals surface area contributed by atoms with E-state index in [9.17, 15) is 23.9 Å². The fourth-order valence-electron chi connectivity index (χ4n) is 3.89. The van der Waals surface area contributed by atoms with Gasteiger partial charge in [-0.2, -0.15) is 13.8 Å². The number of oxime groups is 1. The number of hydrogen-bond donors (Lipinski definition) is 3. The molecule has 0 unspecified atom stereocenters. The zero-order valence-electron chi connectivity index (χ0n) is 18.9. The lowest BCUT2D eigenvalue weighted by atomic mass is 10.0. The Kier molecular flexibility index (Phi) is 7.07. The number of hydrogen-bond acceptors (Lipinski definition) is 11. The van der Waals surface area contributed by atoms with Gasteiger partial charge in [0, 0.05) is 34.7 Å². The van der Waals surface area contributed by atoms with Crippen molar-refractivity contribution in [3.05, 3.63) is 41.2 Å². The summed E-state index contributed by atoms with van der Waals surface area (Å²) >= 11 is 3.75. The summed E-state index contributed by atoms with van der Waals surface area (Å²) in [7, 11) is 0. The second-order valence-corrected chi connectivity index (χ2v) is 10.8. The minimum atomic E-state index is -1.22. The van der Waals surface area contributed by atoms with Crippen molar-refractivity contribution in [3.8, 4) is 0 Å². The number of halogens is 1. The van der Waals surface area contributed by atoms with E-state index in [1.54, 1.807) is 11.3 Å². The number of carbonyl (C=O) groups is 3. The lowest BCUT2D eigenvalue weighted by Gasteiger charge is -2.49. The number of rotatable bonds is 10. The quantitative estimate of drug-likeness (QED) is 0.102. The maximum absolute atomic E-state index is 13.0. The number of carboxylic acids is 1. The molecule has 3 aromatic rings. The summed E-state index contributed by atoms with van der Waals surface area (Å²) in [5, 5.41) is 17.7. The summed E-state index contributed by atoms with van der Waals surface area (Å²) in [6.07, 6.45) is 5.74. The molecule has 2 aliphatic rings. The molecule has 13 nitrogen and oxygen atoms in total. The normalized spacial score (nSPS) is 19.6. The van der Waals surface area contributed by atoms with Crippen molar-refractivity contribution in [1.29, 1.82) is 0 Å². The molecule has 3 aromatic heterocycles. The minimum absolute atomic E-state index is 0.0745. The lowest BCUT2D eigenvalue weighted by Crippen LogP contribution is -2.71. The Morgan fingerprint density at radius 2 is 2.27 bits per heavy atom. The number of fused-ring (bicyclic) bond motifs is 2. The highest BCUT2D eigenvalue weighted by Gasteiger charge is 2.54. The fraction of sp³-hybridized carbons (Fsp3) is 0.350. The van der Waals surface area contributed by atoms with E-state index in [1.807, 2.05) is 33.1 Å². The molecule has 1 saturated heterocycles. The smallest absolute Gasteiger partial charge is 0.352 e. The largest absolute Gasteiger partial charge is 0.477 e. The van der Waals surface area contributed by atoms with Gasteiger partial charge in [-0.05, 0) is 0 Å². The predicted octanol–water partition coefficient (Wildman–Crippen LogP) is 0.241. The van der Waals surface area contributed by atoms with Crippen molar-refractivity contribution in [2.45, 2.75) is 24.4 Å². The number of nitrogens with two attached hydrogens (primary N) is 1. The Morgan fingerprint density at radius 1 is 1.43 bits per heavy atom. The highest BCUT2D eigenvalue weighted by atomic mass is 32.2. The standard InChI is InChI=1S/C20H19FN8O5S3/c21-2-1-4-34-25-12(15-24-20(22)37-26-15)16(30)23-13-17(31)29-14(19(32)33)10(8-36-18(13)29)6-27-7-11-28(9-27)3-5-35-11/h3,5,7,9,13,18H,1-2,4,6,8H2,(H3-,22,23,24,26,30,32,33)/p+1/b25-12-/t13-,18-/m1/s1. The Hall–Kier alpha value is -3.57. The molecule has 1 fully saturated rings. The molecule has 0 aliphatic carbocycles. The molecule has 0 saturated carbocycles. The second-order valence-electron chi connectivity index (χ2n) is 7.96. The first-order valence-electron chi connectivity index (χ1n) is 10.9. The molecule has 4 N–H and O–H groups in total. The van der Waals surface area contributed by atoms with Crippen LogP contribution in [0.15, 0.2) is 40.5 Å². The van der Waals surface area contributed by atoms with Crippen molar-refractivity contribution in [2.75, 3.05) is 24.8 Å². The molecular weight excluding hydrogens is 547 g/mol. The molecule has 194 valence electrons. The summed E-state index contributed by atoms with van der Waals surface area (Å²) in [5.41, 5.74) is 5.79. The van der Waals surface area contributed by atoms with Gasteiger partial charge in [-0.25, -0.2) is 9.36 Å². The third-order valence-electron chi connectivity index (χ3n) is 5.52. The van der Waals surface area contributed by atoms with E-state index in [4.69, 9.17) is 10.6 Å². The summed E-state index contributed by atoms with van der Waals surface area (Å²) in [6.45, 7) is -0.386.